The summed E-state index contributed by atoms with van der Waals surface area (Å²) in [7, 11) is 0. The molecule has 0 heterocycles. The van der Waals surface area contributed by atoms with E-state index in [1.807, 2.05) is 38.0 Å². The van der Waals surface area contributed by atoms with Crippen LogP contribution in [0.15, 0.2) is 0 Å². The van der Waals surface area contributed by atoms with Gasteiger partial charge in [-0.05, 0) is 0 Å². The Hall–Kier alpha value is 3.68. The van der Waals surface area contributed by atoms with Gasteiger partial charge in [-0.25, -0.2) is 0 Å². The third-order valence-corrected chi connectivity index (χ3v) is 0. The van der Waals surface area contributed by atoms with Gasteiger partial charge in [0.15, 0.2) is 0 Å². The molecule has 0 saturated carbocycles. The van der Waals surface area contributed by atoms with Crippen molar-refractivity contribution in [1.29, 1.82) is 0 Å². The molecule has 0 rings (SSSR count). The van der Waals surface area contributed by atoms with Gasteiger partial charge in [-0.15, -0.1) is 0 Å². The van der Waals surface area contributed by atoms with Crippen LogP contribution in [0.1, 0.15) is 0 Å². The first-order valence-electron chi connectivity index (χ1n) is 0.228. The third kappa shape index (κ3) is 18.3. The van der Waals surface area contributed by atoms with E-state index >= 15 is 0 Å². The molecule has 0 bridgehead atoms. The van der Waals surface area contributed by atoms with Crippen molar-refractivity contribution in [3.8, 4) is 0 Å². The van der Waals surface area contributed by atoms with Crippen LogP contribution < -0.4 is 0 Å². The average Bonchev–Trinajstić information content (AvgIpc) is 1.50. The Labute approximate surface area is 92.4 Å². The maximum atomic E-state index is 2.92. The summed E-state index contributed by atoms with van der Waals surface area (Å²) in [6.45, 7) is 0. The molecule has 0 nitrogen and oxygen atoms in total. The summed E-state index contributed by atoms with van der Waals surface area (Å²) in [5.41, 5.74) is 0. The second-order valence-corrected chi connectivity index (χ2v) is 0. The molecule has 47 valence electrons. The predicted molar refractivity (Wildman–Crippen MR) is 28.0 cm³/mol. The van der Waals surface area contributed by atoms with E-state index in [1.165, 1.54) is 0 Å². The van der Waals surface area contributed by atoms with Crippen LogP contribution in [0.3, 0.4) is 0 Å². The van der Waals surface area contributed by atoms with E-state index in [-0.39, 0.29) is 22.4 Å². The fourth-order valence-corrected chi connectivity index (χ4v) is 0. The molecule has 0 aliphatic rings. The molecule has 1 radical (unpaired) electrons. The van der Waals surface area contributed by atoms with E-state index in [2.05, 4.69) is 34.5 Å². The molecule has 5 heteroatoms. The Kier molecular flexibility index (Phi) is 80.3. The molecule has 0 atom stereocenters. The molecule has 0 amide bonds. The molecule has 0 saturated heterocycles. The molecule has 0 aromatic heterocycles. The van der Waals surface area contributed by atoms with Crippen molar-refractivity contribution >= 4 is 38.0 Å². The van der Waals surface area contributed by atoms with E-state index in [0.29, 0.717) is 0 Å². The zero-order valence-electron chi connectivity index (χ0n) is 1.66. The second kappa shape index (κ2) is 25.3. The summed E-state index contributed by atoms with van der Waals surface area (Å²) in [6, 6.07) is 0. The summed E-state index contributed by atoms with van der Waals surface area (Å²) < 4.78 is 0. The second-order valence-electron chi connectivity index (χ2n) is 0. The first-order valence-corrected chi connectivity index (χ1v) is 9.05. The molecule has 0 unspecified atom stereocenters. The minimum absolute atomic E-state index is 0. The van der Waals surface area contributed by atoms with Crippen LogP contribution in [0.4, 0.5) is 0 Å². The monoisotopic (exact) mass is 575 g/mol. The molecule has 0 aliphatic carbocycles. The third-order valence-electron chi connectivity index (χ3n) is 0. The number of hydrogen-bond donors (Lipinski definition) is 0. The number of halogens is 2. The molecule has 0 N–H and O–H groups in total. The molecular formula is Ag3I2. The van der Waals surface area contributed by atoms with Crippen molar-refractivity contribution in [1.82, 2.24) is 0 Å². The van der Waals surface area contributed by atoms with Gasteiger partial charge in [0.05, 0.1) is 0 Å². The minimum atomic E-state index is 0. The van der Waals surface area contributed by atoms with Crippen molar-refractivity contribution in [3.63, 3.8) is 0 Å². The van der Waals surface area contributed by atoms with Gasteiger partial charge >= 0.3 is 72.5 Å². The fraction of sp³-hybridized carbons (Fsp3) is 0. The van der Waals surface area contributed by atoms with Crippen LogP contribution in [0, 0.1) is 0 Å². The van der Waals surface area contributed by atoms with Crippen molar-refractivity contribution in [2.45, 2.75) is 0 Å². The predicted octanol–water partition coefficient (Wildman–Crippen LogP) is 1.76. The van der Waals surface area contributed by atoms with Crippen LogP contribution in [0.5, 0.6) is 0 Å². The molecule has 0 aromatic rings. The molecular weight excluding hydrogens is 577 g/mol. The van der Waals surface area contributed by atoms with E-state index in [9.17, 15) is 0 Å². The standard InChI is InChI=1S/3Ag.2HI/h;;;2*1H/q;2*+1;;/p-2. The van der Waals surface area contributed by atoms with Gasteiger partial charge in [0.1, 0.15) is 0 Å². The first-order chi connectivity index (χ1) is 2.00. The van der Waals surface area contributed by atoms with E-state index in [4.69, 9.17) is 0 Å². The topological polar surface area (TPSA) is 0 Å². The zero-order valence-corrected chi connectivity index (χ0v) is 10.4. The summed E-state index contributed by atoms with van der Waals surface area (Å²) in [6.07, 6.45) is 0. The van der Waals surface area contributed by atoms with Crippen LogP contribution >= 0.6 is 38.0 Å². The van der Waals surface area contributed by atoms with Crippen molar-refractivity contribution < 1.29 is 56.9 Å². The number of hydrogen-bond acceptors (Lipinski definition) is 0. The Balaban J connectivity index is -0.0000000133. The Morgan fingerprint density at radius 1 is 0.800 bits per heavy atom. The molecule has 5 heavy (non-hydrogen) atoms. The first kappa shape index (κ1) is 15.9. The average molecular weight is 577 g/mol. The summed E-state index contributed by atoms with van der Waals surface area (Å²) >= 11 is 9.76. The van der Waals surface area contributed by atoms with Gasteiger partial charge in [0.25, 0.3) is 0 Å². The summed E-state index contributed by atoms with van der Waals surface area (Å²) in [4.78, 5) is 0. The Morgan fingerprint density at radius 2 is 0.800 bits per heavy atom. The molecule has 0 aromatic carbocycles. The van der Waals surface area contributed by atoms with Crippen LogP contribution in [0.25, 0.3) is 0 Å². The van der Waals surface area contributed by atoms with E-state index < -0.39 is 0 Å². The van der Waals surface area contributed by atoms with Crippen molar-refractivity contribution in [2.24, 2.45) is 0 Å². The van der Waals surface area contributed by atoms with Crippen molar-refractivity contribution in [2.75, 3.05) is 0 Å². The van der Waals surface area contributed by atoms with Gasteiger partial charge in [0.2, 0.25) is 0 Å². The zero-order chi connectivity index (χ0) is 4.00. The Morgan fingerprint density at radius 3 is 0.800 bits per heavy atom. The quantitative estimate of drug-likeness (QED) is 0.305. The van der Waals surface area contributed by atoms with Crippen LogP contribution in [-0.2, 0) is 56.9 Å². The van der Waals surface area contributed by atoms with Crippen LogP contribution in [0.2, 0.25) is 0 Å². The summed E-state index contributed by atoms with van der Waals surface area (Å²) in [5, 5.41) is 0. The van der Waals surface area contributed by atoms with E-state index in [1.54, 1.807) is 0 Å². The van der Waals surface area contributed by atoms with Gasteiger partial charge in [-0.2, -0.15) is 0 Å². The van der Waals surface area contributed by atoms with Gasteiger partial charge < -0.3 is 0 Å². The Bertz CT molecular complexity index is 4.85. The molecule has 0 fully saturated rings. The summed E-state index contributed by atoms with van der Waals surface area (Å²) in [5.74, 6) is 0. The van der Waals surface area contributed by atoms with Gasteiger partial charge in [0, 0.05) is 22.4 Å². The fourth-order valence-electron chi connectivity index (χ4n) is 0. The maximum absolute atomic E-state index is 2.92. The van der Waals surface area contributed by atoms with Crippen LogP contribution in [-0.4, -0.2) is 0 Å². The van der Waals surface area contributed by atoms with Gasteiger partial charge in [-0.3, -0.25) is 0 Å². The molecule has 0 spiro atoms. The van der Waals surface area contributed by atoms with Crippen molar-refractivity contribution in [3.05, 3.63) is 0 Å². The molecule has 0 aliphatic heterocycles. The normalized spacial score (nSPS) is 2.80. The van der Waals surface area contributed by atoms with E-state index in [0.717, 1.165) is 0 Å². The SMILES string of the molecule is [Ag].[Ag][I].[Ag][I]. The number of rotatable bonds is 0. The van der Waals surface area contributed by atoms with Gasteiger partial charge in [-0.1, -0.05) is 0 Å².